The van der Waals surface area contributed by atoms with Crippen molar-refractivity contribution in [1.82, 2.24) is 24.5 Å². The van der Waals surface area contributed by atoms with E-state index < -0.39 is 0 Å². The highest BCUT2D eigenvalue weighted by Crippen LogP contribution is 2.44. The average molecular weight is 718 g/mol. The van der Waals surface area contributed by atoms with E-state index in [-0.39, 0.29) is 0 Å². The maximum Gasteiger partial charge on any atom is 0.164 e. The van der Waals surface area contributed by atoms with Gasteiger partial charge in [-0.25, -0.2) is 19.9 Å². The van der Waals surface area contributed by atoms with Crippen molar-refractivity contribution in [1.29, 1.82) is 0 Å². The van der Waals surface area contributed by atoms with Gasteiger partial charge < -0.3 is 8.98 Å². The maximum absolute atomic E-state index is 6.89. The highest BCUT2D eigenvalue weighted by molar-refractivity contribution is 6.24. The second-order valence-electron chi connectivity index (χ2n) is 13.8. The van der Waals surface area contributed by atoms with E-state index in [0.717, 1.165) is 88.6 Å². The van der Waals surface area contributed by atoms with Crippen LogP contribution in [0.3, 0.4) is 0 Å². The van der Waals surface area contributed by atoms with Crippen LogP contribution >= 0.6 is 0 Å². The van der Waals surface area contributed by atoms with Crippen LogP contribution in [0.15, 0.2) is 192 Å². The summed E-state index contributed by atoms with van der Waals surface area (Å²) in [6.45, 7) is 0. The second kappa shape index (κ2) is 13.0. The normalized spacial score (nSPS) is 11.6. The maximum atomic E-state index is 6.89. The lowest BCUT2D eigenvalue weighted by Gasteiger charge is -2.12. The van der Waals surface area contributed by atoms with E-state index in [1.165, 1.54) is 0 Å². The Morgan fingerprint density at radius 1 is 0.357 bits per heavy atom. The number of fused-ring (bicyclic) bond motifs is 7. The Morgan fingerprint density at radius 2 is 0.821 bits per heavy atom. The molecule has 0 aliphatic rings. The summed E-state index contributed by atoms with van der Waals surface area (Å²) in [7, 11) is 0. The van der Waals surface area contributed by atoms with Crippen LogP contribution in [0.5, 0.6) is 0 Å². The molecule has 0 aliphatic carbocycles. The van der Waals surface area contributed by atoms with Crippen molar-refractivity contribution in [3.05, 3.63) is 188 Å². The molecular weight excluding hydrogens is 687 g/mol. The van der Waals surface area contributed by atoms with E-state index in [1.807, 2.05) is 54.6 Å². The van der Waals surface area contributed by atoms with Gasteiger partial charge in [0.25, 0.3) is 0 Å². The molecule has 7 aromatic carbocycles. The van der Waals surface area contributed by atoms with Gasteiger partial charge in [-0.1, -0.05) is 140 Å². The van der Waals surface area contributed by atoms with Gasteiger partial charge in [0.15, 0.2) is 23.1 Å². The van der Waals surface area contributed by atoms with Crippen LogP contribution in [0.4, 0.5) is 0 Å². The summed E-state index contributed by atoms with van der Waals surface area (Å²) in [5.74, 6) is 1.84. The van der Waals surface area contributed by atoms with Crippen molar-refractivity contribution in [2.75, 3.05) is 0 Å². The molecule has 0 atom stereocenters. The summed E-state index contributed by atoms with van der Waals surface area (Å²) in [6.07, 6.45) is 0. The third kappa shape index (κ3) is 5.27. The molecule has 6 heteroatoms. The molecule has 0 fully saturated rings. The van der Waals surface area contributed by atoms with Crippen molar-refractivity contribution in [2.24, 2.45) is 0 Å². The molecule has 11 rings (SSSR count). The molecule has 0 saturated carbocycles. The Balaban J connectivity index is 1.08. The largest absolute Gasteiger partial charge is 0.453 e. The topological polar surface area (TPSA) is 69.6 Å². The molecule has 0 radical (unpaired) electrons. The van der Waals surface area contributed by atoms with Crippen LogP contribution in [-0.2, 0) is 0 Å². The van der Waals surface area contributed by atoms with Gasteiger partial charge in [-0.3, -0.25) is 0 Å². The Bertz CT molecular complexity index is 3210. The van der Waals surface area contributed by atoms with Gasteiger partial charge in [-0.2, -0.15) is 0 Å². The third-order valence-electron chi connectivity index (χ3n) is 10.5. The minimum Gasteiger partial charge on any atom is -0.453 e. The van der Waals surface area contributed by atoms with E-state index in [9.17, 15) is 0 Å². The zero-order valence-corrected chi connectivity index (χ0v) is 30.0. The van der Waals surface area contributed by atoms with Crippen LogP contribution in [0.25, 0.3) is 106 Å². The van der Waals surface area contributed by atoms with Gasteiger partial charge in [-0.15, -0.1) is 0 Å². The van der Waals surface area contributed by atoms with E-state index in [4.69, 9.17) is 24.4 Å². The van der Waals surface area contributed by atoms with Crippen molar-refractivity contribution in [2.45, 2.75) is 0 Å². The molecule has 0 bridgehead atoms. The smallest absolute Gasteiger partial charge is 0.164 e. The van der Waals surface area contributed by atoms with Crippen LogP contribution in [0.1, 0.15) is 0 Å². The van der Waals surface area contributed by atoms with Gasteiger partial charge in [0.1, 0.15) is 11.1 Å². The van der Waals surface area contributed by atoms with E-state index in [2.05, 4.69) is 138 Å². The molecule has 0 N–H and O–H groups in total. The quantitative estimate of drug-likeness (QED) is 0.171. The summed E-state index contributed by atoms with van der Waals surface area (Å²) >= 11 is 0. The molecule has 0 spiro atoms. The lowest BCUT2D eigenvalue weighted by Crippen LogP contribution is -2.00. The van der Waals surface area contributed by atoms with E-state index in [1.54, 1.807) is 0 Å². The zero-order valence-electron chi connectivity index (χ0n) is 30.0. The molecule has 4 heterocycles. The molecule has 0 amide bonds. The fraction of sp³-hybridized carbons (Fsp3) is 0. The Labute approximate surface area is 322 Å². The fourth-order valence-corrected chi connectivity index (χ4v) is 7.77. The van der Waals surface area contributed by atoms with Crippen molar-refractivity contribution in [3.8, 4) is 62.2 Å². The molecule has 4 aromatic heterocycles. The van der Waals surface area contributed by atoms with Crippen molar-refractivity contribution >= 4 is 43.9 Å². The fourth-order valence-electron chi connectivity index (χ4n) is 7.77. The molecule has 11 aromatic rings. The molecule has 56 heavy (non-hydrogen) atoms. The minimum atomic E-state index is 0.603. The van der Waals surface area contributed by atoms with Gasteiger partial charge in [0.05, 0.1) is 22.1 Å². The standard InChI is InChI=1S/C50H31N5O/c1-4-14-32(15-5-1)33-24-26-36(27-25-33)49-52-48(35-18-8-3-9-19-35)53-50(54-49)37-28-30-38(31-29-37)55-42-23-13-11-21-40(42)47-45(55)43-44(34-16-6-2-7-17-34)51-41-22-12-10-20-39(41)46(43)56-47/h1-31H. The van der Waals surface area contributed by atoms with Gasteiger partial charge in [0, 0.05) is 38.7 Å². The summed E-state index contributed by atoms with van der Waals surface area (Å²) in [5.41, 5.74) is 12.6. The van der Waals surface area contributed by atoms with E-state index in [0.29, 0.717) is 17.5 Å². The number of hydrogen-bond acceptors (Lipinski definition) is 5. The first-order chi connectivity index (χ1) is 27.8. The number of benzene rings is 7. The van der Waals surface area contributed by atoms with Gasteiger partial charge in [0.2, 0.25) is 0 Å². The molecular formula is C50H31N5O. The molecule has 0 saturated heterocycles. The Morgan fingerprint density at radius 3 is 1.46 bits per heavy atom. The number of nitrogens with zero attached hydrogens (tertiary/aromatic N) is 5. The number of pyridine rings is 1. The minimum absolute atomic E-state index is 0.603. The SMILES string of the molecule is c1ccc(-c2ccc(-c3nc(-c4ccccc4)nc(-c4ccc(-n5c6ccccc6c6oc7c8ccccc8nc(-c8ccccc8)c7c65)cc4)n3)cc2)cc1. The van der Waals surface area contributed by atoms with Crippen LogP contribution in [0.2, 0.25) is 0 Å². The highest BCUT2D eigenvalue weighted by Gasteiger charge is 2.24. The molecule has 6 nitrogen and oxygen atoms in total. The lowest BCUT2D eigenvalue weighted by molar-refractivity contribution is 0.676. The van der Waals surface area contributed by atoms with E-state index >= 15 is 0 Å². The Kier molecular flexibility index (Phi) is 7.38. The zero-order chi connectivity index (χ0) is 37.0. The van der Waals surface area contributed by atoms with Gasteiger partial charge >= 0.3 is 0 Å². The highest BCUT2D eigenvalue weighted by atomic mass is 16.3. The van der Waals surface area contributed by atoms with Crippen LogP contribution in [0, 0.1) is 0 Å². The number of hydrogen-bond donors (Lipinski definition) is 0. The summed E-state index contributed by atoms with van der Waals surface area (Å²) in [6, 6.07) is 64.3. The summed E-state index contributed by atoms with van der Waals surface area (Å²) < 4.78 is 9.19. The predicted molar refractivity (Wildman–Crippen MR) is 226 cm³/mol. The number of para-hydroxylation sites is 2. The lowest BCUT2D eigenvalue weighted by atomic mass is 10.0. The molecule has 0 unspecified atom stereocenters. The van der Waals surface area contributed by atoms with Crippen molar-refractivity contribution < 1.29 is 4.42 Å². The monoisotopic (exact) mass is 717 g/mol. The first-order valence-corrected chi connectivity index (χ1v) is 18.6. The third-order valence-corrected chi connectivity index (χ3v) is 10.5. The van der Waals surface area contributed by atoms with Gasteiger partial charge in [-0.05, 0) is 59.7 Å². The number of furan rings is 1. The van der Waals surface area contributed by atoms with Crippen LogP contribution < -0.4 is 0 Å². The van der Waals surface area contributed by atoms with Crippen LogP contribution in [-0.4, -0.2) is 24.5 Å². The second-order valence-corrected chi connectivity index (χ2v) is 13.8. The Hall–Kier alpha value is -7.70. The predicted octanol–water partition coefficient (Wildman–Crippen LogP) is 12.6. The van der Waals surface area contributed by atoms with Crippen molar-refractivity contribution in [3.63, 3.8) is 0 Å². The molecule has 0 aliphatic heterocycles. The molecule has 262 valence electrons. The summed E-state index contributed by atoms with van der Waals surface area (Å²) in [4.78, 5) is 20.3. The first-order valence-electron chi connectivity index (χ1n) is 18.6. The number of aromatic nitrogens is 5. The average Bonchev–Trinajstić information content (AvgIpc) is 3.83. The first kappa shape index (κ1) is 31.8. The number of rotatable bonds is 6. The summed E-state index contributed by atoms with van der Waals surface area (Å²) in [5, 5.41) is 3.01.